The molecule has 0 bridgehead atoms. The molecule has 5 heteroatoms. The van der Waals surface area contributed by atoms with Gasteiger partial charge < -0.3 is 15.4 Å². The molecule has 1 amide bonds. The molecule has 0 aromatic heterocycles. The van der Waals surface area contributed by atoms with E-state index in [0.29, 0.717) is 6.54 Å². The molecule has 0 radical (unpaired) electrons. The number of likely N-dealkylation sites (N-methyl/N-ethyl adjacent to an activating group) is 1. The van der Waals surface area contributed by atoms with E-state index < -0.39 is 5.60 Å². The summed E-state index contributed by atoms with van der Waals surface area (Å²) in [6.45, 7) is 11.1. The van der Waals surface area contributed by atoms with Gasteiger partial charge in [0.15, 0.2) is 0 Å². The van der Waals surface area contributed by atoms with Gasteiger partial charge in [-0.25, -0.2) is 4.79 Å². The molecule has 124 valence electrons. The van der Waals surface area contributed by atoms with Crippen LogP contribution in [0.3, 0.4) is 0 Å². The van der Waals surface area contributed by atoms with Crippen molar-refractivity contribution in [1.29, 1.82) is 0 Å². The SMILES string of the molecule is CCCCN(C)C1(CN)CCN(C(=O)OC(C)(C)C)CC1. The highest BCUT2D eigenvalue weighted by atomic mass is 16.6. The molecule has 2 N–H and O–H groups in total. The van der Waals surface area contributed by atoms with Crippen molar-refractivity contribution in [1.82, 2.24) is 9.80 Å². The van der Waals surface area contributed by atoms with E-state index in [1.165, 1.54) is 12.8 Å². The number of hydrogen-bond donors (Lipinski definition) is 1. The summed E-state index contributed by atoms with van der Waals surface area (Å²) >= 11 is 0. The van der Waals surface area contributed by atoms with Gasteiger partial charge in [0.2, 0.25) is 0 Å². The van der Waals surface area contributed by atoms with Crippen LogP contribution >= 0.6 is 0 Å². The third kappa shape index (κ3) is 5.15. The van der Waals surface area contributed by atoms with Crippen LogP contribution in [0.4, 0.5) is 4.79 Å². The van der Waals surface area contributed by atoms with E-state index in [1.54, 1.807) is 0 Å². The Morgan fingerprint density at radius 1 is 1.33 bits per heavy atom. The van der Waals surface area contributed by atoms with E-state index in [1.807, 2.05) is 25.7 Å². The predicted octanol–water partition coefficient (Wildman–Crippen LogP) is 2.45. The van der Waals surface area contributed by atoms with Crippen molar-refractivity contribution >= 4 is 6.09 Å². The number of nitrogens with two attached hydrogens (primary N) is 1. The number of nitrogens with zero attached hydrogens (tertiary/aromatic N) is 2. The zero-order valence-electron chi connectivity index (χ0n) is 14.4. The fraction of sp³-hybridized carbons (Fsp3) is 0.938. The summed E-state index contributed by atoms with van der Waals surface area (Å²) in [4.78, 5) is 16.3. The molecule has 0 saturated carbocycles. The normalized spacial score (nSPS) is 18.9. The second kappa shape index (κ2) is 7.45. The van der Waals surface area contributed by atoms with Crippen LogP contribution in [0.2, 0.25) is 0 Å². The first-order valence-corrected chi connectivity index (χ1v) is 8.13. The number of rotatable bonds is 5. The Balaban J connectivity index is 2.57. The summed E-state index contributed by atoms with van der Waals surface area (Å²) in [5.41, 5.74) is 5.66. The van der Waals surface area contributed by atoms with Crippen LogP contribution in [-0.2, 0) is 4.74 Å². The Labute approximate surface area is 129 Å². The largest absolute Gasteiger partial charge is 0.444 e. The quantitative estimate of drug-likeness (QED) is 0.847. The third-order valence-corrected chi connectivity index (χ3v) is 4.38. The number of piperidine rings is 1. The zero-order chi connectivity index (χ0) is 16.1. The van der Waals surface area contributed by atoms with Crippen molar-refractivity contribution in [3.63, 3.8) is 0 Å². The van der Waals surface area contributed by atoms with Crippen molar-refractivity contribution in [2.45, 2.75) is 64.5 Å². The van der Waals surface area contributed by atoms with Crippen LogP contribution in [0, 0.1) is 0 Å². The van der Waals surface area contributed by atoms with E-state index in [2.05, 4.69) is 18.9 Å². The minimum absolute atomic E-state index is 0.0354. The first kappa shape index (κ1) is 18.2. The minimum atomic E-state index is -0.433. The van der Waals surface area contributed by atoms with Crippen LogP contribution in [0.5, 0.6) is 0 Å². The highest BCUT2D eigenvalue weighted by Crippen LogP contribution is 2.28. The summed E-state index contributed by atoms with van der Waals surface area (Å²) in [5.74, 6) is 0. The molecule has 1 aliphatic rings. The van der Waals surface area contributed by atoms with Crippen LogP contribution < -0.4 is 5.73 Å². The molecule has 0 aromatic rings. The molecule has 1 heterocycles. The second-order valence-electron chi connectivity index (χ2n) is 7.17. The number of carbonyl (C=O) groups excluding carboxylic acids is 1. The summed E-state index contributed by atoms with van der Waals surface area (Å²) in [6, 6.07) is 0. The maximum Gasteiger partial charge on any atom is 0.410 e. The first-order valence-electron chi connectivity index (χ1n) is 8.13. The van der Waals surface area contributed by atoms with Gasteiger partial charge in [-0.3, -0.25) is 4.90 Å². The Kier molecular flexibility index (Phi) is 6.47. The lowest BCUT2D eigenvalue weighted by molar-refractivity contribution is 0.000722. The number of unbranched alkanes of at least 4 members (excludes halogenated alkanes) is 1. The fourth-order valence-electron chi connectivity index (χ4n) is 2.81. The maximum atomic E-state index is 12.1. The van der Waals surface area contributed by atoms with E-state index in [-0.39, 0.29) is 11.6 Å². The van der Waals surface area contributed by atoms with Crippen molar-refractivity contribution < 1.29 is 9.53 Å². The van der Waals surface area contributed by atoms with Crippen LogP contribution in [0.1, 0.15) is 53.4 Å². The molecule has 1 rings (SSSR count). The highest BCUT2D eigenvalue weighted by molar-refractivity contribution is 5.68. The average Bonchev–Trinajstić information content (AvgIpc) is 2.42. The van der Waals surface area contributed by atoms with Gasteiger partial charge in [0.05, 0.1) is 0 Å². The van der Waals surface area contributed by atoms with E-state index in [4.69, 9.17) is 10.5 Å². The third-order valence-electron chi connectivity index (χ3n) is 4.38. The Bertz CT molecular complexity index is 331. The molecule has 1 fully saturated rings. The number of hydrogen-bond acceptors (Lipinski definition) is 4. The standard InChI is InChI=1S/C16H33N3O2/c1-6-7-10-18(5)16(13-17)8-11-19(12-9-16)14(20)21-15(2,3)4/h6-13,17H2,1-5H3. The van der Waals surface area contributed by atoms with Gasteiger partial charge in [0.1, 0.15) is 5.60 Å². The van der Waals surface area contributed by atoms with Gasteiger partial charge in [0.25, 0.3) is 0 Å². The zero-order valence-corrected chi connectivity index (χ0v) is 14.4. The summed E-state index contributed by atoms with van der Waals surface area (Å²) < 4.78 is 5.45. The number of ether oxygens (including phenoxy) is 1. The number of amides is 1. The van der Waals surface area contributed by atoms with Gasteiger partial charge in [-0.05, 0) is 53.6 Å². The van der Waals surface area contributed by atoms with Crippen molar-refractivity contribution in [3.8, 4) is 0 Å². The average molecular weight is 299 g/mol. The Hall–Kier alpha value is -0.810. The first-order chi connectivity index (χ1) is 9.74. The number of carbonyl (C=O) groups is 1. The van der Waals surface area contributed by atoms with Crippen molar-refractivity contribution in [2.75, 3.05) is 33.2 Å². The van der Waals surface area contributed by atoms with Crippen molar-refractivity contribution in [2.24, 2.45) is 5.73 Å². The minimum Gasteiger partial charge on any atom is -0.444 e. The summed E-state index contributed by atoms with van der Waals surface area (Å²) in [6.07, 6.45) is 4.01. The van der Waals surface area contributed by atoms with E-state index in [0.717, 1.165) is 32.5 Å². The number of likely N-dealkylation sites (tertiary alicyclic amines) is 1. The predicted molar refractivity (Wildman–Crippen MR) is 86.4 cm³/mol. The van der Waals surface area contributed by atoms with Gasteiger partial charge in [0, 0.05) is 25.2 Å². The highest BCUT2D eigenvalue weighted by Gasteiger charge is 2.38. The summed E-state index contributed by atoms with van der Waals surface area (Å²) in [5, 5.41) is 0. The Morgan fingerprint density at radius 2 is 1.90 bits per heavy atom. The van der Waals surface area contributed by atoms with Crippen LogP contribution in [0.15, 0.2) is 0 Å². The molecule has 0 spiro atoms. The van der Waals surface area contributed by atoms with Crippen LogP contribution in [0.25, 0.3) is 0 Å². The van der Waals surface area contributed by atoms with Gasteiger partial charge in [-0.2, -0.15) is 0 Å². The monoisotopic (exact) mass is 299 g/mol. The topological polar surface area (TPSA) is 58.8 Å². The van der Waals surface area contributed by atoms with Gasteiger partial charge >= 0.3 is 6.09 Å². The molecule has 5 nitrogen and oxygen atoms in total. The van der Waals surface area contributed by atoms with Gasteiger partial charge in [-0.15, -0.1) is 0 Å². The fourth-order valence-corrected chi connectivity index (χ4v) is 2.81. The maximum absolute atomic E-state index is 12.1. The molecule has 21 heavy (non-hydrogen) atoms. The Morgan fingerprint density at radius 3 is 2.33 bits per heavy atom. The van der Waals surface area contributed by atoms with Crippen molar-refractivity contribution in [3.05, 3.63) is 0 Å². The lowest BCUT2D eigenvalue weighted by atomic mass is 9.86. The molecule has 0 aromatic carbocycles. The molecular weight excluding hydrogens is 266 g/mol. The molecule has 1 saturated heterocycles. The molecule has 0 aliphatic carbocycles. The lowest BCUT2D eigenvalue weighted by Crippen LogP contribution is -2.59. The van der Waals surface area contributed by atoms with E-state index in [9.17, 15) is 4.79 Å². The second-order valence-corrected chi connectivity index (χ2v) is 7.17. The van der Waals surface area contributed by atoms with Crippen LogP contribution in [-0.4, -0.2) is 60.3 Å². The lowest BCUT2D eigenvalue weighted by Gasteiger charge is -2.47. The van der Waals surface area contributed by atoms with Gasteiger partial charge in [-0.1, -0.05) is 13.3 Å². The van der Waals surface area contributed by atoms with E-state index >= 15 is 0 Å². The molecule has 0 atom stereocenters. The molecule has 0 unspecified atom stereocenters. The molecule has 1 aliphatic heterocycles. The summed E-state index contributed by atoms with van der Waals surface area (Å²) in [7, 11) is 2.16. The smallest absolute Gasteiger partial charge is 0.410 e. The molecular formula is C16H33N3O2.